The van der Waals surface area contributed by atoms with Crippen molar-refractivity contribution in [2.75, 3.05) is 37.4 Å². The second kappa shape index (κ2) is 10.6. The second-order valence-electron chi connectivity index (χ2n) is 6.37. The van der Waals surface area contributed by atoms with E-state index in [0.717, 1.165) is 11.3 Å². The number of amides is 1. The summed E-state index contributed by atoms with van der Waals surface area (Å²) in [6.07, 6.45) is 3.20. The molecule has 0 aliphatic rings. The average molecular weight is 408 g/mol. The maximum absolute atomic E-state index is 11.9. The van der Waals surface area contributed by atoms with E-state index in [2.05, 4.69) is 30.9 Å². The zero-order chi connectivity index (χ0) is 21.2. The van der Waals surface area contributed by atoms with Gasteiger partial charge in [0.2, 0.25) is 0 Å². The Morgan fingerprint density at radius 1 is 0.933 bits per heavy atom. The maximum atomic E-state index is 11.9. The minimum atomic E-state index is -0.205. The van der Waals surface area contributed by atoms with Crippen LogP contribution in [0.1, 0.15) is 5.56 Å². The smallest absolute Gasteiger partial charge is 0.258 e. The largest absolute Gasteiger partial charge is 0.497 e. The topological polar surface area (TPSA) is 110 Å². The van der Waals surface area contributed by atoms with Crippen molar-refractivity contribution in [3.63, 3.8) is 0 Å². The Morgan fingerprint density at radius 3 is 2.43 bits per heavy atom. The van der Waals surface area contributed by atoms with Crippen molar-refractivity contribution in [1.82, 2.24) is 20.3 Å². The molecule has 1 amide bonds. The summed E-state index contributed by atoms with van der Waals surface area (Å²) in [7, 11) is 1.59. The summed E-state index contributed by atoms with van der Waals surface area (Å²) in [5.74, 6) is 3.11. The normalized spacial score (nSPS) is 10.2. The molecule has 0 aliphatic carbocycles. The number of anilines is 3. The van der Waals surface area contributed by atoms with Gasteiger partial charge in [-0.25, -0.2) is 15.0 Å². The van der Waals surface area contributed by atoms with Gasteiger partial charge in [-0.15, -0.1) is 0 Å². The molecule has 3 aromatic rings. The minimum absolute atomic E-state index is 0.0581. The lowest BCUT2D eigenvalue weighted by Crippen LogP contribution is -2.32. The van der Waals surface area contributed by atoms with E-state index in [9.17, 15) is 4.79 Å². The van der Waals surface area contributed by atoms with E-state index in [-0.39, 0.29) is 12.5 Å². The van der Waals surface area contributed by atoms with Gasteiger partial charge in [-0.1, -0.05) is 0 Å². The number of ether oxygens (including phenoxy) is 2. The van der Waals surface area contributed by atoms with Crippen molar-refractivity contribution in [2.24, 2.45) is 0 Å². The fourth-order valence-corrected chi connectivity index (χ4v) is 2.52. The summed E-state index contributed by atoms with van der Waals surface area (Å²) in [4.78, 5) is 24.5. The fourth-order valence-electron chi connectivity index (χ4n) is 2.52. The molecule has 2 aromatic heterocycles. The standard InChI is InChI=1S/C21H24N6O3/c1-15-7-8-22-19(11-15)27-20-12-18(25-14-26-20)23-9-10-24-21(28)13-30-17-5-3-16(29-2)4-6-17/h3-8,11-12,14H,9-10,13H2,1-2H3,(H,24,28)(H2,22,23,25,26,27). The molecule has 0 unspecified atom stereocenters. The van der Waals surface area contributed by atoms with Crippen molar-refractivity contribution in [3.05, 3.63) is 60.6 Å². The van der Waals surface area contributed by atoms with Gasteiger partial charge in [0, 0.05) is 25.4 Å². The number of hydrogen-bond donors (Lipinski definition) is 3. The highest BCUT2D eigenvalue weighted by Crippen LogP contribution is 2.17. The van der Waals surface area contributed by atoms with Crippen molar-refractivity contribution in [1.29, 1.82) is 0 Å². The molecule has 0 radical (unpaired) electrons. The van der Waals surface area contributed by atoms with Crippen LogP contribution in [-0.2, 0) is 4.79 Å². The lowest BCUT2D eigenvalue weighted by Gasteiger charge is -2.10. The molecule has 0 saturated heterocycles. The number of nitrogens with zero attached hydrogens (tertiary/aromatic N) is 3. The van der Waals surface area contributed by atoms with E-state index in [1.165, 1.54) is 6.33 Å². The number of pyridine rings is 1. The zero-order valence-corrected chi connectivity index (χ0v) is 16.9. The monoisotopic (exact) mass is 408 g/mol. The molecule has 2 heterocycles. The Labute approximate surface area is 174 Å². The molecule has 156 valence electrons. The number of nitrogens with one attached hydrogen (secondary N) is 3. The predicted octanol–water partition coefficient (Wildman–Crippen LogP) is 2.54. The number of carbonyl (C=O) groups is 1. The second-order valence-corrected chi connectivity index (χ2v) is 6.37. The molecule has 30 heavy (non-hydrogen) atoms. The summed E-state index contributed by atoms with van der Waals surface area (Å²) in [5.41, 5.74) is 1.10. The minimum Gasteiger partial charge on any atom is -0.497 e. The first-order valence-corrected chi connectivity index (χ1v) is 9.41. The van der Waals surface area contributed by atoms with Gasteiger partial charge in [-0.2, -0.15) is 0 Å². The van der Waals surface area contributed by atoms with Crippen molar-refractivity contribution in [3.8, 4) is 11.5 Å². The molecule has 9 nitrogen and oxygen atoms in total. The highest BCUT2D eigenvalue weighted by atomic mass is 16.5. The lowest BCUT2D eigenvalue weighted by molar-refractivity contribution is -0.123. The third-order valence-electron chi connectivity index (χ3n) is 4.02. The number of aromatic nitrogens is 3. The van der Waals surface area contributed by atoms with E-state index >= 15 is 0 Å². The molecule has 0 atom stereocenters. The van der Waals surface area contributed by atoms with Crippen LogP contribution in [-0.4, -0.2) is 47.7 Å². The van der Waals surface area contributed by atoms with E-state index in [1.54, 1.807) is 43.6 Å². The van der Waals surface area contributed by atoms with E-state index < -0.39 is 0 Å². The quantitative estimate of drug-likeness (QED) is 0.439. The summed E-state index contributed by atoms with van der Waals surface area (Å²) in [6.45, 7) is 2.87. The molecule has 1 aromatic carbocycles. The Morgan fingerprint density at radius 2 is 1.67 bits per heavy atom. The molecule has 3 N–H and O–H groups in total. The summed E-state index contributed by atoms with van der Waals surface area (Å²) in [5, 5.41) is 9.07. The summed E-state index contributed by atoms with van der Waals surface area (Å²) >= 11 is 0. The molecule has 0 bridgehead atoms. The molecule has 9 heteroatoms. The molecule has 0 fully saturated rings. The third kappa shape index (κ3) is 6.62. The van der Waals surface area contributed by atoms with E-state index in [1.807, 2.05) is 19.1 Å². The molecule has 0 saturated carbocycles. The van der Waals surface area contributed by atoms with Gasteiger partial charge in [-0.3, -0.25) is 4.79 Å². The molecule has 0 spiro atoms. The Kier molecular flexibility index (Phi) is 7.37. The first-order valence-electron chi connectivity index (χ1n) is 9.41. The van der Waals surface area contributed by atoms with Crippen LogP contribution in [0, 0.1) is 6.92 Å². The van der Waals surface area contributed by atoms with Gasteiger partial charge in [0.1, 0.15) is 35.3 Å². The van der Waals surface area contributed by atoms with Crippen LogP contribution in [0.5, 0.6) is 11.5 Å². The number of rotatable bonds is 10. The van der Waals surface area contributed by atoms with Crippen molar-refractivity contribution in [2.45, 2.75) is 6.92 Å². The van der Waals surface area contributed by atoms with Gasteiger partial charge >= 0.3 is 0 Å². The molecule has 3 rings (SSSR count). The Bertz CT molecular complexity index is 965. The summed E-state index contributed by atoms with van der Waals surface area (Å²) < 4.78 is 10.5. The Hall–Kier alpha value is -3.88. The number of aryl methyl sites for hydroxylation is 1. The SMILES string of the molecule is COc1ccc(OCC(=O)NCCNc2cc(Nc3cc(C)ccn3)ncn2)cc1. The van der Waals surface area contributed by atoms with Crippen LogP contribution in [0.15, 0.2) is 55.0 Å². The number of methoxy groups -OCH3 is 1. The average Bonchev–Trinajstić information content (AvgIpc) is 2.76. The van der Waals surface area contributed by atoms with Gasteiger partial charge < -0.3 is 25.4 Å². The maximum Gasteiger partial charge on any atom is 0.258 e. The van der Waals surface area contributed by atoms with Crippen molar-refractivity contribution >= 4 is 23.4 Å². The predicted molar refractivity (Wildman–Crippen MR) is 114 cm³/mol. The molecular weight excluding hydrogens is 384 g/mol. The number of carbonyl (C=O) groups excluding carboxylic acids is 1. The van der Waals surface area contributed by atoms with Gasteiger partial charge in [0.05, 0.1) is 7.11 Å². The highest BCUT2D eigenvalue weighted by Gasteiger charge is 2.04. The fraction of sp³-hybridized carbons (Fsp3) is 0.238. The zero-order valence-electron chi connectivity index (χ0n) is 16.9. The first-order chi connectivity index (χ1) is 14.6. The van der Waals surface area contributed by atoms with E-state index in [4.69, 9.17) is 9.47 Å². The van der Waals surface area contributed by atoms with Gasteiger partial charge in [0.15, 0.2) is 6.61 Å². The first kappa shape index (κ1) is 20.8. The number of benzene rings is 1. The van der Waals surface area contributed by atoms with Gasteiger partial charge in [0.25, 0.3) is 5.91 Å². The van der Waals surface area contributed by atoms with Crippen molar-refractivity contribution < 1.29 is 14.3 Å². The third-order valence-corrected chi connectivity index (χ3v) is 4.02. The van der Waals surface area contributed by atoms with Crippen LogP contribution >= 0.6 is 0 Å². The molecular formula is C21H24N6O3. The molecule has 0 aliphatic heterocycles. The van der Waals surface area contributed by atoms with Crippen LogP contribution in [0.4, 0.5) is 17.5 Å². The number of hydrogen-bond acceptors (Lipinski definition) is 8. The van der Waals surface area contributed by atoms with Gasteiger partial charge in [-0.05, 0) is 48.9 Å². The Balaban J connectivity index is 1.38. The lowest BCUT2D eigenvalue weighted by atomic mass is 10.3. The van der Waals surface area contributed by atoms with Crippen LogP contribution in [0.3, 0.4) is 0 Å². The van der Waals surface area contributed by atoms with E-state index in [0.29, 0.717) is 36.3 Å². The highest BCUT2D eigenvalue weighted by molar-refractivity contribution is 5.77. The summed E-state index contributed by atoms with van der Waals surface area (Å²) in [6, 6.07) is 12.7. The van der Waals surface area contributed by atoms with Crippen LogP contribution in [0.2, 0.25) is 0 Å². The van der Waals surface area contributed by atoms with Crippen LogP contribution < -0.4 is 25.4 Å². The van der Waals surface area contributed by atoms with Crippen LogP contribution in [0.25, 0.3) is 0 Å².